The van der Waals surface area contributed by atoms with Gasteiger partial charge in [0.15, 0.2) is 22.2 Å². The number of nitrogens with two attached hydrogens (primary N) is 1. The number of carbonyl (C=O) groups excluding carboxylic acids is 4. The quantitative estimate of drug-likeness (QED) is 0.0401. The molecule has 0 saturated carbocycles. The Labute approximate surface area is 331 Å². The van der Waals surface area contributed by atoms with Crippen LogP contribution in [0.5, 0.6) is 11.5 Å². The Morgan fingerprint density at radius 2 is 1.84 bits per heavy atom. The van der Waals surface area contributed by atoms with E-state index in [1.165, 1.54) is 49.8 Å². The van der Waals surface area contributed by atoms with Gasteiger partial charge in [-0.3, -0.25) is 19.3 Å². The lowest BCUT2D eigenvalue weighted by molar-refractivity contribution is -0.922. The first-order chi connectivity index (χ1) is 26.0. The first kappa shape index (κ1) is 41.6. The number of amides is 3. The predicted octanol–water partition coefficient (Wildman–Crippen LogP) is 3.44. The van der Waals surface area contributed by atoms with Crippen molar-refractivity contribution in [3.05, 3.63) is 50.8 Å². The highest BCUT2D eigenvalue weighted by Gasteiger charge is 2.55. The number of aromatic nitrogens is 1. The third-order valence-corrected chi connectivity index (χ3v) is 12.4. The maximum atomic E-state index is 14.0. The molecule has 2 atom stereocenters. The molecule has 2 saturated heterocycles. The molecule has 1 aromatic heterocycles. The van der Waals surface area contributed by atoms with Crippen molar-refractivity contribution in [2.45, 2.75) is 69.9 Å². The molecule has 0 bridgehead atoms. The van der Waals surface area contributed by atoms with Crippen molar-refractivity contribution in [1.82, 2.24) is 20.5 Å². The number of likely N-dealkylation sites (tertiary alicyclic amines) is 1. The lowest BCUT2D eigenvalue weighted by Crippen LogP contribution is -2.71. The topological polar surface area (TPSA) is 231 Å². The number of halogens is 1. The monoisotopic (exact) mass is 821 g/mol. The average Bonchev–Trinajstić information content (AvgIpc) is 3.44. The zero-order valence-corrected chi connectivity index (χ0v) is 33.4. The Bertz CT molecular complexity index is 1920. The molecule has 4 heterocycles. The molecule has 3 aliphatic rings. The molecule has 2 fully saturated rings. The number of hydrogen-bond acceptors (Lipinski definition) is 13. The van der Waals surface area contributed by atoms with Gasteiger partial charge in [-0.2, -0.15) is 0 Å². The number of aromatic hydroxyl groups is 2. The Morgan fingerprint density at radius 3 is 2.44 bits per heavy atom. The molecule has 1 aromatic carbocycles. The summed E-state index contributed by atoms with van der Waals surface area (Å²) < 4.78 is 11.6. The molecule has 0 radical (unpaired) electrons. The molecule has 16 nitrogen and oxygen atoms in total. The van der Waals surface area contributed by atoms with Crippen LogP contribution >= 0.6 is 34.7 Å². The van der Waals surface area contributed by atoms with Gasteiger partial charge in [-0.15, -0.1) is 23.1 Å². The van der Waals surface area contributed by atoms with Gasteiger partial charge >= 0.3 is 11.9 Å². The molecule has 2 unspecified atom stereocenters. The number of methoxy groups -OCH3 is 1. The molecular formula is C36H46ClN6O10S2+. The van der Waals surface area contributed by atoms with E-state index >= 15 is 0 Å². The Hall–Kier alpha value is -4.52. The number of phenolic OH excluding ortho intramolecular Hbond substituents is 2. The van der Waals surface area contributed by atoms with Crippen LogP contribution in [-0.2, 0) is 28.7 Å². The van der Waals surface area contributed by atoms with E-state index in [0.717, 1.165) is 50.1 Å². The van der Waals surface area contributed by atoms with E-state index in [0.29, 0.717) is 28.9 Å². The second-order valence-corrected chi connectivity index (χ2v) is 16.5. The molecule has 55 heavy (non-hydrogen) atoms. The SMILES string of the molecule is CC/C(OC(C)(C)C(=O)O)=C(/C(=O)NC1C(=O)N2C(C(=O)OC)=C(C[N+]3(CCNC(=O)c4ccc(O)c(O)c4Cl)CCCCCC3)CSC12)c1csc(N)n1. The highest BCUT2D eigenvalue weighted by molar-refractivity contribution is 8.00. The number of thioether (sulfide) groups is 1. The van der Waals surface area contributed by atoms with Crippen LogP contribution in [0, 0.1) is 0 Å². The highest BCUT2D eigenvalue weighted by Crippen LogP contribution is 2.42. The van der Waals surface area contributed by atoms with Gasteiger partial charge in [-0.1, -0.05) is 18.5 Å². The summed E-state index contributed by atoms with van der Waals surface area (Å²) in [5, 5.41) is 35.9. The number of quaternary nitrogens is 1. The normalized spacial score (nSPS) is 20.0. The standard InChI is InChI=1S/C36H45ClN6O10S2/c1-5-23(53-36(2,3)34(50)51)24(21-18-55-35(38)40-21)30(47)41-26-31(48)42-27(33(49)52-4)19(17-54-32(26)42)16-43(13-8-6-7-9-14-43)15-12-39-29(46)20-10-11-22(44)28(45)25(20)37/h10-11,18,26,32H,5-9,12-17H2,1-4H3,(H6-,38,39,40,41,44,45,46,47,50,51)/p+1/b24-23-. The number of esters is 1. The number of allylic oxidation sites excluding steroid dienone is 1. The Morgan fingerprint density at radius 1 is 1.15 bits per heavy atom. The summed E-state index contributed by atoms with van der Waals surface area (Å²) in [6.45, 7) is 7.11. The number of thiazole rings is 1. The van der Waals surface area contributed by atoms with Crippen LogP contribution in [0.2, 0.25) is 5.02 Å². The van der Waals surface area contributed by atoms with E-state index in [2.05, 4.69) is 15.6 Å². The number of carboxylic acid groups (broad SMARTS) is 1. The van der Waals surface area contributed by atoms with Crippen LogP contribution in [0.15, 0.2) is 34.5 Å². The molecule has 0 aliphatic carbocycles. The molecule has 2 aromatic rings. The van der Waals surface area contributed by atoms with Crippen molar-refractivity contribution < 1.29 is 53.2 Å². The molecular weight excluding hydrogens is 776 g/mol. The van der Waals surface area contributed by atoms with Gasteiger partial charge in [-0.05, 0) is 51.7 Å². The van der Waals surface area contributed by atoms with Gasteiger partial charge < -0.3 is 45.6 Å². The van der Waals surface area contributed by atoms with E-state index < -0.39 is 58.2 Å². The lowest BCUT2D eigenvalue weighted by Gasteiger charge is -2.50. The molecule has 3 aliphatic heterocycles. The summed E-state index contributed by atoms with van der Waals surface area (Å²) in [4.78, 5) is 71.8. The second kappa shape index (κ2) is 17.1. The molecule has 7 N–H and O–H groups in total. The predicted molar refractivity (Wildman–Crippen MR) is 206 cm³/mol. The Balaban J connectivity index is 1.38. The van der Waals surface area contributed by atoms with Gasteiger partial charge in [0.2, 0.25) is 0 Å². The van der Waals surface area contributed by atoms with Crippen LogP contribution in [0.25, 0.3) is 5.57 Å². The van der Waals surface area contributed by atoms with Gasteiger partial charge in [0, 0.05) is 23.1 Å². The number of nitrogen functional groups attached to an aromatic ring is 1. The fourth-order valence-electron chi connectivity index (χ4n) is 7.00. The van der Waals surface area contributed by atoms with E-state index in [9.17, 15) is 39.3 Å². The number of anilines is 1. The van der Waals surface area contributed by atoms with E-state index in [-0.39, 0.29) is 51.4 Å². The third-order valence-electron chi connectivity index (χ3n) is 9.96. The van der Waals surface area contributed by atoms with Crippen LogP contribution < -0.4 is 16.4 Å². The number of carbonyl (C=O) groups is 5. The second-order valence-electron chi connectivity index (χ2n) is 14.1. The minimum Gasteiger partial charge on any atom is -0.504 e. The number of nitrogens with zero attached hydrogens (tertiary/aromatic N) is 3. The first-order valence-corrected chi connectivity index (χ1v) is 20.1. The fraction of sp³-hybridized carbons (Fsp3) is 0.500. The number of fused-ring (bicyclic) bond motifs is 1. The summed E-state index contributed by atoms with van der Waals surface area (Å²) in [6.07, 6.45) is 4.04. The molecule has 5 rings (SSSR count). The summed E-state index contributed by atoms with van der Waals surface area (Å²) in [6, 6.07) is 1.49. The number of nitrogens with one attached hydrogen (secondary N) is 2. The van der Waals surface area contributed by atoms with Gasteiger partial charge in [0.25, 0.3) is 17.7 Å². The largest absolute Gasteiger partial charge is 0.504 e. The summed E-state index contributed by atoms with van der Waals surface area (Å²) in [7, 11) is 1.24. The van der Waals surface area contributed by atoms with Crippen molar-refractivity contribution in [2.75, 3.05) is 51.3 Å². The fourth-order valence-corrected chi connectivity index (χ4v) is 9.14. The number of benzene rings is 1. The number of carboxylic acids is 1. The van der Waals surface area contributed by atoms with E-state index in [1.54, 1.807) is 12.3 Å². The summed E-state index contributed by atoms with van der Waals surface area (Å²) >= 11 is 8.60. The molecule has 0 spiro atoms. The first-order valence-electron chi connectivity index (χ1n) is 17.8. The highest BCUT2D eigenvalue weighted by atomic mass is 35.5. The number of phenols is 2. The number of aliphatic carboxylic acids is 1. The average molecular weight is 822 g/mol. The van der Waals surface area contributed by atoms with Crippen LogP contribution in [0.3, 0.4) is 0 Å². The maximum Gasteiger partial charge on any atom is 0.355 e. The number of hydrogen-bond donors (Lipinski definition) is 6. The van der Waals surface area contributed by atoms with Crippen molar-refractivity contribution in [3.8, 4) is 11.5 Å². The minimum absolute atomic E-state index is 0.0172. The number of β-lactam (4-membered cyclic amide) rings is 1. The van der Waals surface area contributed by atoms with Crippen LogP contribution in [0.1, 0.15) is 68.9 Å². The third kappa shape index (κ3) is 8.82. The number of ether oxygens (including phenoxy) is 2. The van der Waals surface area contributed by atoms with E-state index in [4.69, 9.17) is 26.8 Å². The smallest absolute Gasteiger partial charge is 0.355 e. The molecule has 19 heteroatoms. The van der Waals surface area contributed by atoms with Crippen LogP contribution in [0.4, 0.5) is 5.13 Å². The van der Waals surface area contributed by atoms with Gasteiger partial charge in [0.05, 0.1) is 49.6 Å². The van der Waals surface area contributed by atoms with Crippen molar-refractivity contribution in [2.24, 2.45) is 0 Å². The van der Waals surface area contributed by atoms with Crippen molar-refractivity contribution in [3.63, 3.8) is 0 Å². The van der Waals surface area contributed by atoms with Crippen molar-refractivity contribution in [1.29, 1.82) is 0 Å². The van der Waals surface area contributed by atoms with E-state index in [1.807, 2.05) is 0 Å². The summed E-state index contributed by atoms with van der Waals surface area (Å²) in [5.74, 6) is -4.27. The summed E-state index contributed by atoms with van der Waals surface area (Å²) in [5.41, 5.74) is 5.17. The molecule has 3 amide bonds. The van der Waals surface area contributed by atoms with Gasteiger partial charge in [0.1, 0.15) is 35.0 Å². The van der Waals surface area contributed by atoms with Crippen LogP contribution in [-0.4, -0.2) is 122 Å². The van der Waals surface area contributed by atoms with Crippen molar-refractivity contribution >= 4 is 75.1 Å². The zero-order valence-electron chi connectivity index (χ0n) is 31.0. The molecule has 298 valence electrons. The maximum absolute atomic E-state index is 14.0. The Kier molecular flexibility index (Phi) is 12.9. The zero-order chi connectivity index (χ0) is 40.2. The number of rotatable bonds is 14. The van der Waals surface area contributed by atoms with Gasteiger partial charge in [-0.25, -0.2) is 14.6 Å². The minimum atomic E-state index is -1.68. The lowest BCUT2D eigenvalue weighted by atomic mass is 10.0.